The predicted octanol–water partition coefficient (Wildman–Crippen LogP) is 23.6. The van der Waals surface area contributed by atoms with Gasteiger partial charge in [-0.15, -0.1) is 0 Å². The molecule has 8 fully saturated rings. The van der Waals surface area contributed by atoms with Gasteiger partial charge in [0.2, 0.25) is 0 Å². The molecule has 6 nitrogen and oxygen atoms in total. The second kappa shape index (κ2) is 39.1. The van der Waals surface area contributed by atoms with E-state index < -0.39 is 0 Å². The van der Waals surface area contributed by atoms with Crippen molar-refractivity contribution in [2.75, 3.05) is 13.2 Å². The number of aliphatic hydroxyl groups excluding tert-OH is 2. The number of esters is 2. The summed E-state index contributed by atoms with van der Waals surface area (Å²) >= 11 is 0. The van der Waals surface area contributed by atoms with Crippen molar-refractivity contribution in [3.8, 4) is 0 Å². The number of carbonyl (C=O) groups is 2. The molecule has 0 amide bonds. The highest BCUT2D eigenvalue weighted by molar-refractivity contribution is 5.69. The molecule has 0 aliphatic heterocycles. The second-order valence-corrected chi connectivity index (χ2v) is 33.3. The lowest BCUT2D eigenvalue weighted by Crippen LogP contribution is -2.54. The van der Waals surface area contributed by atoms with Crippen molar-refractivity contribution in [2.45, 2.75) is 363 Å². The van der Waals surface area contributed by atoms with Gasteiger partial charge < -0.3 is 19.7 Å². The van der Waals surface area contributed by atoms with Gasteiger partial charge in [0.15, 0.2) is 0 Å². The lowest BCUT2D eigenvalue weighted by Gasteiger charge is -2.61. The number of unbranched alkanes of at least 4 members (excludes halogenated alkanes) is 18. The van der Waals surface area contributed by atoms with E-state index in [1.807, 2.05) is 0 Å². The Morgan fingerprint density at radius 1 is 0.400 bits per heavy atom. The molecular weight excluding hydrogens is 1100 g/mol. The molecule has 516 valence electrons. The Morgan fingerprint density at radius 3 is 1.11 bits per heavy atom. The van der Waals surface area contributed by atoms with Gasteiger partial charge in [0, 0.05) is 12.8 Å². The third-order valence-electron chi connectivity index (χ3n) is 27.6. The molecule has 90 heavy (non-hydrogen) atoms. The van der Waals surface area contributed by atoms with Crippen molar-refractivity contribution in [3.63, 3.8) is 0 Å². The van der Waals surface area contributed by atoms with E-state index in [4.69, 9.17) is 9.47 Å². The van der Waals surface area contributed by atoms with Crippen molar-refractivity contribution in [3.05, 3.63) is 48.6 Å². The SMILES string of the molecule is CCCCC/C=C\C/C=C\CCCCCCCCOC(=O)CC[C@@H](C)C1CCC2C3CCC4C[C@H](O)CC[C@]4(C)C3CC[C@@]21C.CCCCC/C=C\C/C=C\CCCCCCCCOC(=O)CC[C@@H](C)C1CCC2C3CCC4C[C@H](O)CC[C@]4(C)C3CC[C@@]21C. The third kappa shape index (κ3) is 21.4. The maximum atomic E-state index is 12.6. The van der Waals surface area contributed by atoms with E-state index in [0.717, 1.165) is 123 Å². The standard InChI is InChI=1S/2C42H72O3/c2*1-5-6-7-8-9-10-11-12-13-14-15-16-17-18-19-20-31-45-40(44)26-21-33(2)37-24-25-38-36-23-22-34-32-35(43)27-29-41(34,3)39(36)28-30-42(37,38)4/h2*9-10,12-13,33-39,43H,5-8,11,14-32H2,1-4H3/b2*10-9-,13-12-/t2*33-,34?,35-,36?,37?,38?,39?,41+,42-/m11/s1. The number of rotatable bonds is 38. The van der Waals surface area contributed by atoms with Crippen molar-refractivity contribution < 1.29 is 29.3 Å². The maximum Gasteiger partial charge on any atom is 0.305 e. The molecule has 8 saturated carbocycles. The minimum absolute atomic E-state index is 0.0265. The Balaban J connectivity index is 0.000000256. The van der Waals surface area contributed by atoms with Crippen LogP contribution in [0.25, 0.3) is 0 Å². The van der Waals surface area contributed by atoms with Crippen LogP contribution in [0.5, 0.6) is 0 Å². The Morgan fingerprint density at radius 2 is 0.733 bits per heavy atom. The Labute approximate surface area is 555 Å². The maximum absolute atomic E-state index is 12.6. The van der Waals surface area contributed by atoms with E-state index in [-0.39, 0.29) is 24.1 Å². The van der Waals surface area contributed by atoms with Crippen LogP contribution in [0.4, 0.5) is 0 Å². The lowest BCUT2D eigenvalue weighted by molar-refractivity contribution is -0.145. The van der Waals surface area contributed by atoms with Crippen LogP contribution in [0.1, 0.15) is 351 Å². The van der Waals surface area contributed by atoms with Crippen LogP contribution < -0.4 is 0 Å². The lowest BCUT2D eigenvalue weighted by atomic mass is 9.44. The number of hydrogen-bond donors (Lipinski definition) is 2. The van der Waals surface area contributed by atoms with Gasteiger partial charge in [0.1, 0.15) is 0 Å². The summed E-state index contributed by atoms with van der Waals surface area (Å²) in [7, 11) is 0. The normalized spacial score (nSPS) is 35.3. The molecule has 0 heterocycles. The monoisotopic (exact) mass is 1250 g/mol. The van der Waals surface area contributed by atoms with Gasteiger partial charge in [-0.2, -0.15) is 0 Å². The Kier molecular flexibility index (Phi) is 32.7. The van der Waals surface area contributed by atoms with E-state index in [2.05, 4.69) is 104 Å². The smallest absolute Gasteiger partial charge is 0.305 e. The van der Waals surface area contributed by atoms with Gasteiger partial charge in [-0.1, -0.05) is 181 Å². The zero-order valence-corrected chi connectivity index (χ0v) is 60.2. The second-order valence-electron chi connectivity index (χ2n) is 33.3. The fourth-order valence-corrected chi connectivity index (χ4v) is 22.2. The van der Waals surface area contributed by atoms with Gasteiger partial charge in [0.25, 0.3) is 0 Å². The first-order chi connectivity index (χ1) is 43.6. The van der Waals surface area contributed by atoms with Crippen LogP contribution in [0, 0.1) is 92.7 Å². The van der Waals surface area contributed by atoms with E-state index in [1.54, 1.807) is 0 Å². The molecule has 0 saturated heterocycles. The molecule has 0 spiro atoms. The van der Waals surface area contributed by atoms with Gasteiger partial charge in [-0.3, -0.25) is 9.59 Å². The van der Waals surface area contributed by atoms with Crippen molar-refractivity contribution in [1.82, 2.24) is 0 Å². The molecular formula is C84H144O6. The average molecular weight is 1250 g/mol. The van der Waals surface area contributed by atoms with Crippen molar-refractivity contribution in [2.24, 2.45) is 92.7 Å². The molecule has 8 rings (SSSR count). The van der Waals surface area contributed by atoms with Gasteiger partial charge in [-0.05, 0) is 298 Å². The van der Waals surface area contributed by atoms with Gasteiger partial charge >= 0.3 is 11.9 Å². The van der Waals surface area contributed by atoms with Crippen molar-refractivity contribution in [1.29, 1.82) is 0 Å². The zero-order chi connectivity index (χ0) is 64.2. The topological polar surface area (TPSA) is 93.1 Å². The number of ether oxygens (including phenoxy) is 2. The summed E-state index contributed by atoms with van der Waals surface area (Å²) in [6.45, 7) is 21.0. The van der Waals surface area contributed by atoms with E-state index in [9.17, 15) is 19.8 Å². The van der Waals surface area contributed by atoms with Gasteiger partial charge in [0.05, 0.1) is 25.4 Å². The molecule has 0 aromatic carbocycles. The fraction of sp³-hybridized carbons (Fsp3) is 0.881. The summed E-state index contributed by atoms with van der Waals surface area (Å²) in [5.41, 5.74) is 1.81. The molecule has 0 aromatic rings. The van der Waals surface area contributed by atoms with Crippen LogP contribution in [0.2, 0.25) is 0 Å². The first-order valence-corrected chi connectivity index (χ1v) is 39.9. The Hall–Kier alpha value is -2.18. The minimum atomic E-state index is -0.0534. The summed E-state index contributed by atoms with van der Waals surface area (Å²) in [4.78, 5) is 25.2. The minimum Gasteiger partial charge on any atom is -0.466 e. The number of carbonyl (C=O) groups excluding carboxylic acids is 2. The molecule has 18 atom stereocenters. The quantitative estimate of drug-likeness (QED) is 0.0363. The predicted molar refractivity (Wildman–Crippen MR) is 380 cm³/mol. The fourth-order valence-electron chi connectivity index (χ4n) is 22.2. The molecule has 0 aromatic heterocycles. The number of allylic oxidation sites excluding steroid dienone is 8. The highest BCUT2D eigenvalue weighted by atomic mass is 16.5. The van der Waals surface area contributed by atoms with Crippen LogP contribution >= 0.6 is 0 Å². The molecule has 8 aliphatic carbocycles. The summed E-state index contributed by atoms with van der Waals surface area (Å²) in [6, 6.07) is 0. The molecule has 2 N–H and O–H groups in total. The van der Waals surface area contributed by atoms with E-state index >= 15 is 0 Å². The summed E-state index contributed by atoms with van der Waals surface area (Å²) in [6.07, 6.45) is 74.4. The summed E-state index contributed by atoms with van der Waals surface area (Å²) < 4.78 is 11.3. The zero-order valence-electron chi connectivity index (χ0n) is 60.2. The highest BCUT2D eigenvalue weighted by Crippen LogP contribution is 2.70. The first-order valence-electron chi connectivity index (χ1n) is 39.9. The third-order valence-corrected chi connectivity index (χ3v) is 27.6. The summed E-state index contributed by atoms with van der Waals surface area (Å²) in [5.74, 6) is 9.47. The van der Waals surface area contributed by atoms with Crippen LogP contribution in [0.3, 0.4) is 0 Å². The van der Waals surface area contributed by atoms with Crippen molar-refractivity contribution >= 4 is 11.9 Å². The van der Waals surface area contributed by atoms with E-state index in [0.29, 0.717) is 59.6 Å². The average Bonchev–Trinajstić information content (AvgIpc) is 1.42. The van der Waals surface area contributed by atoms with Crippen LogP contribution in [0.15, 0.2) is 48.6 Å². The number of hydrogen-bond acceptors (Lipinski definition) is 6. The number of aliphatic hydroxyl groups is 2. The summed E-state index contributed by atoms with van der Waals surface area (Å²) in [5, 5.41) is 20.7. The van der Waals surface area contributed by atoms with E-state index in [1.165, 1.54) is 218 Å². The molecule has 8 aliphatic rings. The largest absolute Gasteiger partial charge is 0.466 e. The highest BCUT2D eigenvalue weighted by Gasteiger charge is 2.62. The molecule has 10 unspecified atom stereocenters. The number of fused-ring (bicyclic) bond motifs is 10. The molecule has 6 heteroatoms. The Bertz CT molecular complexity index is 1990. The van der Waals surface area contributed by atoms with Crippen LogP contribution in [-0.2, 0) is 19.1 Å². The molecule has 0 bridgehead atoms. The van der Waals surface area contributed by atoms with Crippen LogP contribution in [-0.4, -0.2) is 47.6 Å². The van der Waals surface area contributed by atoms with Gasteiger partial charge in [-0.25, -0.2) is 0 Å². The molecule has 0 radical (unpaired) electrons. The first kappa shape index (κ1) is 75.2.